The first-order valence-electron chi connectivity index (χ1n) is 5.19. The Bertz CT molecular complexity index is 158. The normalized spacial score (nSPS) is 12.1. The van der Waals surface area contributed by atoms with Gasteiger partial charge in [0.05, 0.1) is 6.61 Å². The first-order valence-corrected chi connectivity index (χ1v) is 5.19. The van der Waals surface area contributed by atoms with E-state index in [1.165, 1.54) is 0 Å². The smallest absolute Gasteiger partial charge is 0.332 e. The lowest BCUT2D eigenvalue weighted by Gasteiger charge is -2.16. The fourth-order valence-electron chi connectivity index (χ4n) is 0.974. The van der Waals surface area contributed by atoms with Crippen molar-refractivity contribution in [3.63, 3.8) is 0 Å². The molecule has 82 valence electrons. The highest BCUT2D eigenvalue weighted by Gasteiger charge is 2.11. The first kappa shape index (κ1) is 13.2. The van der Waals surface area contributed by atoms with Crippen molar-refractivity contribution in [2.75, 3.05) is 6.61 Å². The summed E-state index contributed by atoms with van der Waals surface area (Å²) < 4.78 is 10.4. The predicted molar refractivity (Wildman–Crippen MR) is 55.8 cm³/mol. The molecule has 1 atom stereocenters. The summed E-state index contributed by atoms with van der Waals surface area (Å²) in [6.07, 6.45) is 4.51. The summed E-state index contributed by atoms with van der Waals surface area (Å²) in [5.74, 6) is -0.415. The molecule has 0 aliphatic carbocycles. The van der Waals surface area contributed by atoms with E-state index in [-0.39, 0.29) is 0 Å². The van der Waals surface area contributed by atoms with Gasteiger partial charge in [0.15, 0.2) is 0 Å². The monoisotopic (exact) mass is 200 g/mol. The lowest BCUT2D eigenvalue weighted by atomic mass is 10.2. The number of hydrogen-bond donors (Lipinski definition) is 0. The number of rotatable bonds is 8. The van der Waals surface area contributed by atoms with E-state index >= 15 is 0 Å². The maximum atomic E-state index is 10.9. The van der Waals surface area contributed by atoms with Crippen LogP contribution in [0.5, 0.6) is 0 Å². The fraction of sp³-hybridized carbons (Fsp3) is 0.727. The molecule has 0 heterocycles. The van der Waals surface area contributed by atoms with E-state index in [1.807, 2.05) is 6.92 Å². The molecule has 0 fully saturated rings. The number of carbonyl (C=O) groups excluding carboxylic acids is 1. The molecule has 1 unspecified atom stereocenters. The van der Waals surface area contributed by atoms with Crippen LogP contribution < -0.4 is 0 Å². The third-order valence-electron chi connectivity index (χ3n) is 1.72. The third kappa shape index (κ3) is 6.66. The Morgan fingerprint density at radius 1 is 1.43 bits per heavy atom. The van der Waals surface area contributed by atoms with E-state index in [0.29, 0.717) is 6.61 Å². The van der Waals surface area contributed by atoms with Crippen LogP contribution in [-0.2, 0) is 14.3 Å². The SMILES string of the molecule is C=CC(=O)OC(CCCC)OCCC. The van der Waals surface area contributed by atoms with E-state index in [4.69, 9.17) is 9.47 Å². The number of unbranched alkanes of at least 4 members (excludes halogenated alkanes) is 1. The highest BCUT2D eigenvalue weighted by molar-refractivity contribution is 5.81. The largest absolute Gasteiger partial charge is 0.433 e. The molecule has 0 saturated carbocycles. The van der Waals surface area contributed by atoms with Crippen LogP contribution in [0.25, 0.3) is 0 Å². The van der Waals surface area contributed by atoms with Crippen LogP contribution in [0, 0.1) is 0 Å². The number of ether oxygens (including phenoxy) is 2. The Balaban J connectivity index is 3.82. The van der Waals surface area contributed by atoms with E-state index < -0.39 is 12.3 Å². The zero-order chi connectivity index (χ0) is 10.8. The molecule has 0 aromatic heterocycles. The molecule has 0 saturated heterocycles. The van der Waals surface area contributed by atoms with Gasteiger partial charge in [0.1, 0.15) is 0 Å². The van der Waals surface area contributed by atoms with Gasteiger partial charge < -0.3 is 9.47 Å². The second kappa shape index (κ2) is 8.75. The highest BCUT2D eigenvalue weighted by Crippen LogP contribution is 2.07. The van der Waals surface area contributed by atoms with Crippen molar-refractivity contribution in [3.8, 4) is 0 Å². The van der Waals surface area contributed by atoms with Gasteiger partial charge in [-0.15, -0.1) is 0 Å². The zero-order valence-electron chi connectivity index (χ0n) is 9.12. The molecular formula is C11H20O3. The van der Waals surface area contributed by atoms with Crippen LogP contribution >= 0.6 is 0 Å². The van der Waals surface area contributed by atoms with Crippen molar-refractivity contribution in [2.24, 2.45) is 0 Å². The number of hydrogen-bond acceptors (Lipinski definition) is 3. The van der Waals surface area contributed by atoms with Crippen molar-refractivity contribution < 1.29 is 14.3 Å². The Kier molecular flexibility index (Phi) is 8.24. The van der Waals surface area contributed by atoms with Crippen LogP contribution in [0.2, 0.25) is 0 Å². The van der Waals surface area contributed by atoms with Gasteiger partial charge in [-0.05, 0) is 12.8 Å². The Labute approximate surface area is 86.1 Å². The summed E-state index contributed by atoms with van der Waals surface area (Å²) in [5, 5.41) is 0. The molecule has 0 aliphatic rings. The molecule has 0 aliphatic heterocycles. The predicted octanol–water partition coefficient (Wildman–Crippen LogP) is 2.66. The molecule has 3 nitrogen and oxygen atoms in total. The maximum absolute atomic E-state index is 10.9. The van der Waals surface area contributed by atoms with Crippen LogP contribution in [0.3, 0.4) is 0 Å². The van der Waals surface area contributed by atoms with Crippen molar-refractivity contribution in [2.45, 2.75) is 45.8 Å². The van der Waals surface area contributed by atoms with E-state index in [2.05, 4.69) is 13.5 Å². The summed E-state index contributed by atoms with van der Waals surface area (Å²) in [6.45, 7) is 8.08. The first-order chi connectivity index (χ1) is 6.74. The third-order valence-corrected chi connectivity index (χ3v) is 1.72. The molecule has 0 bridgehead atoms. The van der Waals surface area contributed by atoms with Crippen molar-refractivity contribution >= 4 is 5.97 Å². The Morgan fingerprint density at radius 3 is 2.64 bits per heavy atom. The van der Waals surface area contributed by atoms with Crippen molar-refractivity contribution in [1.82, 2.24) is 0 Å². The molecule has 0 N–H and O–H groups in total. The lowest BCUT2D eigenvalue weighted by Crippen LogP contribution is -2.20. The Hall–Kier alpha value is -0.830. The van der Waals surface area contributed by atoms with Crippen LogP contribution in [-0.4, -0.2) is 18.9 Å². The van der Waals surface area contributed by atoms with Crippen LogP contribution in [0.15, 0.2) is 12.7 Å². The van der Waals surface area contributed by atoms with Gasteiger partial charge in [-0.1, -0.05) is 26.8 Å². The standard InChI is InChI=1S/C11H20O3/c1-4-7-8-11(13-9-5-2)14-10(12)6-3/h6,11H,3-5,7-9H2,1-2H3. The van der Waals surface area contributed by atoms with Gasteiger partial charge >= 0.3 is 5.97 Å². The van der Waals surface area contributed by atoms with Crippen molar-refractivity contribution in [3.05, 3.63) is 12.7 Å². The fourth-order valence-corrected chi connectivity index (χ4v) is 0.974. The average molecular weight is 200 g/mol. The lowest BCUT2D eigenvalue weighted by molar-refractivity contribution is -0.174. The molecule has 0 aromatic carbocycles. The second-order valence-corrected chi connectivity index (χ2v) is 3.08. The Morgan fingerprint density at radius 2 is 2.14 bits per heavy atom. The van der Waals surface area contributed by atoms with E-state index in [1.54, 1.807) is 0 Å². The molecule has 0 aromatic rings. The summed E-state index contributed by atoms with van der Waals surface area (Å²) >= 11 is 0. The summed E-state index contributed by atoms with van der Waals surface area (Å²) in [6, 6.07) is 0. The molecule has 3 heteroatoms. The number of esters is 1. The molecule has 0 rings (SSSR count). The van der Waals surface area contributed by atoms with E-state index in [0.717, 1.165) is 31.8 Å². The summed E-state index contributed by atoms with van der Waals surface area (Å²) in [4.78, 5) is 10.9. The van der Waals surface area contributed by atoms with Gasteiger partial charge in [-0.25, -0.2) is 4.79 Å². The quantitative estimate of drug-likeness (QED) is 0.343. The second-order valence-electron chi connectivity index (χ2n) is 3.08. The average Bonchev–Trinajstić information content (AvgIpc) is 2.21. The summed E-state index contributed by atoms with van der Waals surface area (Å²) in [7, 11) is 0. The topological polar surface area (TPSA) is 35.5 Å². The van der Waals surface area contributed by atoms with Gasteiger partial charge in [0.2, 0.25) is 6.29 Å². The van der Waals surface area contributed by atoms with Gasteiger partial charge in [-0.3, -0.25) is 0 Å². The zero-order valence-corrected chi connectivity index (χ0v) is 9.12. The molecule has 0 radical (unpaired) electrons. The molecule has 0 spiro atoms. The van der Waals surface area contributed by atoms with Crippen LogP contribution in [0.1, 0.15) is 39.5 Å². The molecular weight excluding hydrogens is 180 g/mol. The highest BCUT2D eigenvalue weighted by atomic mass is 16.7. The van der Waals surface area contributed by atoms with E-state index in [9.17, 15) is 4.79 Å². The molecule has 0 amide bonds. The minimum absolute atomic E-state index is 0.402. The van der Waals surface area contributed by atoms with Gasteiger partial charge in [0.25, 0.3) is 0 Å². The van der Waals surface area contributed by atoms with Gasteiger partial charge in [-0.2, -0.15) is 0 Å². The summed E-state index contributed by atoms with van der Waals surface area (Å²) in [5.41, 5.74) is 0. The van der Waals surface area contributed by atoms with Gasteiger partial charge in [0, 0.05) is 12.5 Å². The van der Waals surface area contributed by atoms with Crippen LogP contribution in [0.4, 0.5) is 0 Å². The molecule has 14 heavy (non-hydrogen) atoms. The number of carbonyl (C=O) groups is 1. The minimum Gasteiger partial charge on any atom is -0.433 e. The minimum atomic E-state index is -0.415. The van der Waals surface area contributed by atoms with Crippen molar-refractivity contribution in [1.29, 1.82) is 0 Å². The maximum Gasteiger partial charge on any atom is 0.332 e.